The predicted molar refractivity (Wildman–Crippen MR) is 55.6 cm³/mol. The molecule has 0 saturated heterocycles. The van der Waals surface area contributed by atoms with Gasteiger partial charge in [-0.25, -0.2) is 0 Å². The summed E-state index contributed by atoms with van der Waals surface area (Å²) >= 11 is 0. The lowest BCUT2D eigenvalue weighted by Crippen LogP contribution is -2.21. The zero-order valence-corrected chi connectivity index (χ0v) is 8.93. The molecule has 1 aromatic rings. The summed E-state index contributed by atoms with van der Waals surface area (Å²) in [4.78, 5) is 10.8. The lowest BCUT2D eigenvalue weighted by Gasteiger charge is -2.23. The van der Waals surface area contributed by atoms with Gasteiger partial charge in [-0.05, 0) is 18.1 Å². The van der Waals surface area contributed by atoms with Crippen LogP contribution < -0.4 is 0 Å². The minimum Gasteiger partial charge on any atom is -0.383 e. The zero-order chi connectivity index (χ0) is 10.6. The Balaban J connectivity index is 2.92. The smallest absolute Gasteiger partial charge is 0.166 e. The molecule has 0 spiro atoms. The van der Waals surface area contributed by atoms with Crippen molar-refractivity contribution in [3.8, 4) is 0 Å². The van der Waals surface area contributed by atoms with E-state index in [2.05, 4.69) is 13.8 Å². The summed E-state index contributed by atoms with van der Waals surface area (Å²) in [6.07, 6.45) is 2.80. The number of hydrogen-bond acceptors (Lipinski definition) is 2. The highest BCUT2D eigenvalue weighted by atomic mass is 16.5. The van der Waals surface area contributed by atoms with Gasteiger partial charge in [0.15, 0.2) is 6.29 Å². The SMILES string of the molecule is COCC(C(C)C)n1cccc1C=O. The first-order valence-electron chi connectivity index (χ1n) is 4.81. The maximum atomic E-state index is 10.8. The third kappa shape index (κ3) is 2.23. The third-order valence-electron chi connectivity index (χ3n) is 2.40. The number of carbonyl (C=O) groups excluding carboxylic acids is 1. The number of nitrogens with zero attached hydrogens (tertiary/aromatic N) is 1. The van der Waals surface area contributed by atoms with Crippen LogP contribution in [0.5, 0.6) is 0 Å². The van der Waals surface area contributed by atoms with Crippen LogP contribution in [-0.4, -0.2) is 24.6 Å². The van der Waals surface area contributed by atoms with E-state index in [9.17, 15) is 4.79 Å². The average molecular weight is 195 g/mol. The fraction of sp³-hybridized carbons (Fsp3) is 0.545. The largest absolute Gasteiger partial charge is 0.383 e. The molecule has 14 heavy (non-hydrogen) atoms. The van der Waals surface area contributed by atoms with Crippen LogP contribution in [0.25, 0.3) is 0 Å². The van der Waals surface area contributed by atoms with Crippen molar-refractivity contribution >= 4 is 6.29 Å². The van der Waals surface area contributed by atoms with Crippen molar-refractivity contribution in [2.75, 3.05) is 13.7 Å². The monoisotopic (exact) mass is 195 g/mol. The molecular weight excluding hydrogens is 178 g/mol. The van der Waals surface area contributed by atoms with Gasteiger partial charge in [-0.3, -0.25) is 4.79 Å². The molecule has 0 aromatic carbocycles. The van der Waals surface area contributed by atoms with Crippen LogP contribution in [0.3, 0.4) is 0 Å². The number of aldehydes is 1. The zero-order valence-electron chi connectivity index (χ0n) is 8.93. The van der Waals surface area contributed by atoms with Gasteiger partial charge in [0, 0.05) is 13.3 Å². The quantitative estimate of drug-likeness (QED) is 0.674. The summed E-state index contributed by atoms with van der Waals surface area (Å²) in [5.74, 6) is 0.445. The summed E-state index contributed by atoms with van der Waals surface area (Å²) in [5, 5.41) is 0. The van der Waals surface area contributed by atoms with E-state index >= 15 is 0 Å². The van der Waals surface area contributed by atoms with Crippen LogP contribution in [0.2, 0.25) is 0 Å². The molecule has 0 aliphatic carbocycles. The molecule has 0 aliphatic heterocycles. The highest BCUT2D eigenvalue weighted by molar-refractivity contribution is 5.72. The summed E-state index contributed by atoms with van der Waals surface area (Å²) in [6.45, 7) is 4.88. The Kier molecular flexibility index (Phi) is 3.89. The highest BCUT2D eigenvalue weighted by Crippen LogP contribution is 2.19. The summed E-state index contributed by atoms with van der Waals surface area (Å²) in [6, 6.07) is 3.93. The molecule has 0 fully saturated rings. The number of rotatable bonds is 5. The molecule has 0 bridgehead atoms. The number of ether oxygens (including phenoxy) is 1. The third-order valence-corrected chi connectivity index (χ3v) is 2.40. The van der Waals surface area contributed by atoms with Crippen LogP contribution in [0.15, 0.2) is 18.3 Å². The van der Waals surface area contributed by atoms with E-state index in [4.69, 9.17) is 4.74 Å². The van der Waals surface area contributed by atoms with E-state index in [-0.39, 0.29) is 6.04 Å². The van der Waals surface area contributed by atoms with E-state index in [0.29, 0.717) is 18.2 Å². The van der Waals surface area contributed by atoms with Gasteiger partial charge in [-0.15, -0.1) is 0 Å². The Morgan fingerprint density at radius 2 is 2.29 bits per heavy atom. The molecule has 78 valence electrons. The topological polar surface area (TPSA) is 31.2 Å². The molecule has 0 aliphatic rings. The second kappa shape index (κ2) is 4.96. The van der Waals surface area contributed by atoms with Gasteiger partial charge in [0.1, 0.15) is 0 Å². The Bertz CT molecular complexity index is 291. The molecule has 3 heteroatoms. The van der Waals surface area contributed by atoms with Crippen LogP contribution in [0.4, 0.5) is 0 Å². The van der Waals surface area contributed by atoms with E-state index in [1.54, 1.807) is 7.11 Å². The van der Waals surface area contributed by atoms with E-state index < -0.39 is 0 Å². The van der Waals surface area contributed by atoms with Gasteiger partial charge in [0.25, 0.3) is 0 Å². The number of carbonyl (C=O) groups is 1. The number of hydrogen-bond donors (Lipinski definition) is 0. The predicted octanol–water partition coefficient (Wildman–Crippen LogP) is 2.14. The molecule has 1 atom stereocenters. The Morgan fingerprint density at radius 1 is 1.57 bits per heavy atom. The lowest BCUT2D eigenvalue weighted by molar-refractivity contribution is 0.109. The van der Waals surface area contributed by atoms with Crippen LogP contribution in [0.1, 0.15) is 30.4 Å². The molecule has 1 unspecified atom stereocenters. The van der Waals surface area contributed by atoms with Crippen molar-refractivity contribution in [1.29, 1.82) is 0 Å². The minimum atomic E-state index is 0.232. The number of aromatic nitrogens is 1. The van der Waals surface area contributed by atoms with Crippen LogP contribution in [-0.2, 0) is 4.74 Å². The van der Waals surface area contributed by atoms with Gasteiger partial charge in [0.05, 0.1) is 18.3 Å². The Hall–Kier alpha value is -1.09. The Labute approximate surface area is 84.7 Å². The maximum Gasteiger partial charge on any atom is 0.166 e. The molecule has 0 radical (unpaired) electrons. The summed E-state index contributed by atoms with van der Waals surface area (Å²) in [7, 11) is 1.68. The molecule has 1 aromatic heterocycles. The fourth-order valence-electron chi connectivity index (χ4n) is 1.57. The fourth-order valence-corrected chi connectivity index (χ4v) is 1.57. The first-order chi connectivity index (χ1) is 6.70. The van der Waals surface area contributed by atoms with Crippen molar-refractivity contribution in [1.82, 2.24) is 4.57 Å². The van der Waals surface area contributed by atoms with E-state index in [1.165, 1.54) is 0 Å². The van der Waals surface area contributed by atoms with Crippen LogP contribution in [0, 0.1) is 5.92 Å². The second-order valence-electron chi connectivity index (χ2n) is 3.72. The van der Waals surface area contributed by atoms with Crippen molar-refractivity contribution in [3.63, 3.8) is 0 Å². The van der Waals surface area contributed by atoms with Crippen molar-refractivity contribution in [3.05, 3.63) is 24.0 Å². The van der Waals surface area contributed by atoms with E-state index in [0.717, 1.165) is 6.29 Å². The molecular formula is C11H17NO2. The van der Waals surface area contributed by atoms with Crippen molar-refractivity contribution in [2.24, 2.45) is 5.92 Å². The van der Waals surface area contributed by atoms with E-state index in [1.807, 2.05) is 22.9 Å². The molecule has 0 amide bonds. The van der Waals surface area contributed by atoms with Gasteiger partial charge < -0.3 is 9.30 Å². The standard InChI is InChI=1S/C11H17NO2/c1-9(2)11(8-14-3)12-6-4-5-10(12)7-13/h4-7,9,11H,8H2,1-3H3. The summed E-state index contributed by atoms with van der Waals surface area (Å²) in [5.41, 5.74) is 0.709. The number of methoxy groups -OCH3 is 1. The average Bonchev–Trinajstić information content (AvgIpc) is 2.61. The normalized spacial score (nSPS) is 13.1. The van der Waals surface area contributed by atoms with Crippen LogP contribution >= 0.6 is 0 Å². The maximum absolute atomic E-state index is 10.8. The first-order valence-corrected chi connectivity index (χ1v) is 4.81. The Morgan fingerprint density at radius 3 is 2.79 bits per heavy atom. The van der Waals surface area contributed by atoms with Gasteiger partial charge in [-0.2, -0.15) is 0 Å². The summed E-state index contributed by atoms with van der Waals surface area (Å²) < 4.78 is 7.13. The molecule has 0 saturated carbocycles. The van der Waals surface area contributed by atoms with Crippen molar-refractivity contribution in [2.45, 2.75) is 19.9 Å². The molecule has 3 nitrogen and oxygen atoms in total. The van der Waals surface area contributed by atoms with Gasteiger partial charge >= 0.3 is 0 Å². The highest BCUT2D eigenvalue weighted by Gasteiger charge is 2.16. The van der Waals surface area contributed by atoms with Crippen molar-refractivity contribution < 1.29 is 9.53 Å². The van der Waals surface area contributed by atoms with Gasteiger partial charge in [0.2, 0.25) is 0 Å². The minimum absolute atomic E-state index is 0.232. The lowest BCUT2D eigenvalue weighted by atomic mass is 10.1. The van der Waals surface area contributed by atoms with Gasteiger partial charge in [-0.1, -0.05) is 13.8 Å². The first kappa shape index (κ1) is 11.0. The molecule has 1 rings (SSSR count). The second-order valence-corrected chi connectivity index (χ2v) is 3.72. The molecule has 0 N–H and O–H groups in total. The molecule has 1 heterocycles.